The van der Waals surface area contributed by atoms with Crippen LogP contribution in [0, 0.1) is 6.92 Å². The van der Waals surface area contributed by atoms with Crippen molar-refractivity contribution in [3.8, 4) is 0 Å². The van der Waals surface area contributed by atoms with Gasteiger partial charge in [-0.2, -0.15) is 0 Å². The highest BCUT2D eigenvalue weighted by Crippen LogP contribution is 2.23. The van der Waals surface area contributed by atoms with Crippen LogP contribution < -0.4 is 5.56 Å². The second kappa shape index (κ2) is 10.6. The van der Waals surface area contributed by atoms with Gasteiger partial charge < -0.3 is 9.88 Å². The number of rotatable bonds is 8. The number of carbonyl (C=O) groups is 1. The average Bonchev–Trinajstić information content (AvgIpc) is 3.26. The molecular formula is C26H29N3O2S. The number of likely N-dealkylation sites (tertiary alicyclic amines) is 1. The minimum Gasteiger partial charge on any atom is -0.339 e. The molecule has 1 atom stereocenters. The third-order valence-corrected chi connectivity index (χ3v) is 6.96. The van der Waals surface area contributed by atoms with Gasteiger partial charge in [-0.05, 0) is 43.7 Å². The molecule has 2 heterocycles. The maximum atomic E-state index is 13.0. The second-order valence-corrected chi connectivity index (χ2v) is 9.25. The topological polar surface area (TPSA) is 66.1 Å². The van der Waals surface area contributed by atoms with E-state index in [1.807, 2.05) is 48.2 Å². The Kier molecular flexibility index (Phi) is 7.43. The molecule has 0 bridgehead atoms. The van der Waals surface area contributed by atoms with Gasteiger partial charge in [0, 0.05) is 36.0 Å². The van der Waals surface area contributed by atoms with Crippen LogP contribution >= 0.6 is 11.8 Å². The number of carbonyl (C=O) groups excluding carboxylic acids is 1. The number of aryl methyl sites for hydroxylation is 1. The molecule has 0 aliphatic carbocycles. The Bertz CT molecular complexity index is 1100. The predicted octanol–water partition coefficient (Wildman–Crippen LogP) is 4.54. The lowest BCUT2D eigenvalue weighted by molar-refractivity contribution is -0.131. The fourth-order valence-electron chi connectivity index (χ4n) is 4.31. The van der Waals surface area contributed by atoms with Crippen LogP contribution in [0.3, 0.4) is 0 Å². The average molecular weight is 448 g/mol. The van der Waals surface area contributed by atoms with E-state index in [2.05, 4.69) is 34.2 Å². The third kappa shape index (κ3) is 5.68. The van der Waals surface area contributed by atoms with Crippen molar-refractivity contribution in [2.24, 2.45) is 0 Å². The summed E-state index contributed by atoms with van der Waals surface area (Å²) in [5, 5.41) is 0.619. The third-order valence-electron chi connectivity index (χ3n) is 6.02. The van der Waals surface area contributed by atoms with E-state index in [1.54, 1.807) is 0 Å². The van der Waals surface area contributed by atoms with E-state index < -0.39 is 0 Å². The van der Waals surface area contributed by atoms with Crippen molar-refractivity contribution < 1.29 is 4.79 Å². The van der Waals surface area contributed by atoms with Crippen molar-refractivity contribution in [3.63, 3.8) is 0 Å². The van der Waals surface area contributed by atoms with Crippen molar-refractivity contribution in [1.82, 2.24) is 14.9 Å². The van der Waals surface area contributed by atoms with Gasteiger partial charge in [-0.15, -0.1) is 0 Å². The molecular weight excluding hydrogens is 418 g/mol. The zero-order chi connectivity index (χ0) is 22.3. The molecule has 1 N–H and O–H groups in total. The lowest BCUT2D eigenvalue weighted by atomic mass is 10.0. The van der Waals surface area contributed by atoms with Gasteiger partial charge in [-0.3, -0.25) is 9.59 Å². The Balaban J connectivity index is 1.35. The van der Waals surface area contributed by atoms with Crippen LogP contribution in [0.5, 0.6) is 0 Å². The zero-order valence-corrected chi connectivity index (χ0v) is 19.2. The van der Waals surface area contributed by atoms with E-state index in [0.29, 0.717) is 29.3 Å². The van der Waals surface area contributed by atoms with Crippen LogP contribution in [0.4, 0.5) is 0 Å². The van der Waals surface area contributed by atoms with Gasteiger partial charge in [0.05, 0.1) is 0 Å². The summed E-state index contributed by atoms with van der Waals surface area (Å²) >= 11 is 1.51. The largest absolute Gasteiger partial charge is 0.339 e. The fourth-order valence-corrected chi connectivity index (χ4v) is 5.17. The van der Waals surface area contributed by atoms with Gasteiger partial charge in [-0.25, -0.2) is 4.98 Å². The summed E-state index contributed by atoms with van der Waals surface area (Å²) in [5.41, 5.74) is 3.63. The molecule has 3 aromatic rings. The Morgan fingerprint density at radius 1 is 1.09 bits per heavy atom. The van der Waals surface area contributed by atoms with Crippen molar-refractivity contribution >= 4 is 17.7 Å². The monoisotopic (exact) mass is 447 g/mol. The Hall–Kier alpha value is -2.86. The van der Waals surface area contributed by atoms with Crippen molar-refractivity contribution in [3.05, 3.63) is 93.4 Å². The minimum absolute atomic E-state index is 0.129. The lowest BCUT2D eigenvalue weighted by Gasteiger charge is -2.25. The molecule has 0 unspecified atom stereocenters. The number of hydrogen-bond acceptors (Lipinski definition) is 4. The number of hydrogen-bond donors (Lipinski definition) is 1. The first-order chi connectivity index (χ1) is 15.6. The summed E-state index contributed by atoms with van der Waals surface area (Å²) in [5.74, 6) is 0.878. The lowest BCUT2D eigenvalue weighted by Crippen LogP contribution is -2.37. The van der Waals surface area contributed by atoms with Crippen LogP contribution in [-0.4, -0.2) is 33.4 Å². The maximum absolute atomic E-state index is 13.0. The highest BCUT2D eigenvalue weighted by molar-refractivity contribution is 7.98. The molecule has 32 heavy (non-hydrogen) atoms. The molecule has 1 saturated heterocycles. The number of aromatic nitrogens is 2. The van der Waals surface area contributed by atoms with E-state index in [0.717, 1.165) is 31.6 Å². The summed E-state index contributed by atoms with van der Waals surface area (Å²) in [7, 11) is 0. The fraction of sp³-hybridized carbons (Fsp3) is 0.346. The summed E-state index contributed by atoms with van der Waals surface area (Å²) < 4.78 is 0. The van der Waals surface area contributed by atoms with Gasteiger partial charge in [0.1, 0.15) is 0 Å². The molecule has 1 fully saturated rings. The second-order valence-electron chi connectivity index (χ2n) is 8.28. The van der Waals surface area contributed by atoms with Crippen LogP contribution in [0.25, 0.3) is 0 Å². The standard InChI is InChI=1S/C26H29N3O2S/c1-19-23(25(31)28-26(27-19)32-18-21-11-6-3-7-12-21)14-15-24(30)29-16-8-13-22(29)17-20-9-4-2-5-10-20/h2-7,9-12,22H,8,13-18H2,1H3,(H,27,28,31)/t22-/m1/s1. The highest BCUT2D eigenvalue weighted by Gasteiger charge is 2.28. The van der Waals surface area contributed by atoms with E-state index in [-0.39, 0.29) is 17.5 Å². The van der Waals surface area contributed by atoms with Gasteiger partial charge in [0.25, 0.3) is 5.56 Å². The van der Waals surface area contributed by atoms with Gasteiger partial charge in [-0.1, -0.05) is 72.4 Å². The molecule has 0 spiro atoms. The van der Waals surface area contributed by atoms with Crippen molar-refractivity contribution in [1.29, 1.82) is 0 Å². The summed E-state index contributed by atoms with van der Waals surface area (Å²) in [4.78, 5) is 35.1. The van der Waals surface area contributed by atoms with Crippen molar-refractivity contribution in [2.45, 2.75) is 56.0 Å². The quantitative estimate of drug-likeness (QED) is 0.407. The molecule has 6 heteroatoms. The Labute approximate surface area is 193 Å². The first kappa shape index (κ1) is 22.3. The van der Waals surface area contributed by atoms with Crippen LogP contribution in [0.15, 0.2) is 70.6 Å². The van der Waals surface area contributed by atoms with E-state index in [9.17, 15) is 9.59 Å². The molecule has 2 aromatic carbocycles. The SMILES string of the molecule is Cc1nc(SCc2ccccc2)[nH]c(=O)c1CCC(=O)N1CCC[C@@H]1Cc1ccccc1. The molecule has 1 aliphatic heterocycles. The minimum atomic E-state index is -0.136. The van der Waals surface area contributed by atoms with E-state index >= 15 is 0 Å². The molecule has 1 aliphatic rings. The number of nitrogens with one attached hydrogen (secondary N) is 1. The number of benzene rings is 2. The van der Waals surface area contributed by atoms with Crippen LogP contribution in [0.1, 0.15) is 41.6 Å². The molecule has 1 amide bonds. The molecule has 5 nitrogen and oxygen atoms in total. The zero-order valence-electron chi connectivity index (χ0n) is 18.4. The first-order valence-corrected chi connectivity index (χ1v) is 12.2. The molecule has 4 rings (SSSR count). The first-order valence-electron chi connectivity index (χ1n) is 11.2. The summed E-state index contributed by atoms with van der Waals surface area (Å²) in [6.07, 6.45) is 3.73. The van der Waals surface area contributed by atoms with Crippen molar-refractivity contribution in [2.75, 3.05) is 6.54 Å². The normalized spacial score (nSPS) is 15.8. The molecule has 0 radical (unpaired) electrons. The van der Waals surface area contributed by atoms with Gasteiger partial charge in [0.15, 0.2) is 5.16 Å². The number of thioether (sulfide) groups is 1. The molecule has 0 saturated carbocycles. The molecule has 166 valence electrons. The smallest absolute Gasteiger partial charge is 0.254 e. The highest BCUT2D eigenvalue weighted by atomic mass is 32.2. The Morgan fingerprint density at radius 3 is 2.47 bits per heavy atom. The predicted molar refractivity (Wildman–Crippen MR) is 129 cm³/mol. The number of amides is 1. The Morgan fingerprint density at radius 2 is 1.78 bits per heavy atom. The number of H-pyrrole nitrogens is 1. The summed E-state index contributed by atoms with van der Waals surface area (Å²) in [6.45, 7) is 2.66. The van der Waals surface area contributed by atoms with Crippen LogP contribution in [0.2, 0.25) is 0 Å². The summed E-state index contributed by atoms with van der Waals surface area (Å²) in [6, 6.07) is 20.7. The number of aromatic amines is 1. The number of nitrogens with zero attached hydrogens (tertiary/aromatic N) is 2. The van der Waals surface area contributed by atoms with Crippen LogP contribution in [-0.2, 0) is 23.4 Å². The van der Waals surface area contributed by atoms with E-state index in [1.165, 1.54) is 22.9 Å². The van der Waals surface area contributed by atoms with E-state index in [4.69, 9.17) is 0 Å². The molecule has 1 aromatic heterocycles. The van der Waals surface area contributed by atoms with Gasteiger partial charge in [0.2, 0.25) is 5.91 Å². The van der Waals surface area contributed by atoms with Gasteiger partial charge >= 0.3 is 0 Å². The maximum Gasteiger partial charge on any atom is 0.254 e.